The van der Waals surface area contributed by atoms with Crippen LogP contribution in [0.5, 0.6) is 0 Å². The van der Waals surface area contributed by atoms with Crippen LogP contribution < -0.4 is 0 Å². The predicted molar refractivity (Wildman–Crippen MR) is 83.9 cm³/mol. The molecule has 3 heteroatoms. The van der Waals surface area contributed by atoms with Gasteiger partial charge in [0.05, 0.1) is 6.67 Å². The van der Waals surface area contributed by atoms with Crippen molar-refractivity contribution in [3.63, 3.8) is 0 Å². The maximum absolute atomic E-state index is 2.41. The first kappa shape index (κ1) is 18.3. The van der Waals surface area contributed by atoms with Gasteiger partial charge in [0.25, 0.3) is 0 Å². The van der Waals surface area contributed by atoms with Crippen LogP contribution in [0.2, 0.25) is 0 Å². The quantitative estimate of drug-likeness (QED) is 0.536. The highest BCUT2D eigenvalue weighted by Crippen LogP contribution is 2.11. The number of hydrogen-bond acceptors (Lipinski definition) is 2. The first-order chi connectivity index (χ1) is 8.83. The molecule has 1 rings (SSSR count). The number of nitrogens with zero attached hydrogens (tertiary/aromatic N) is 2. The Hall–Kier alpha value is -0.700. The molecule has 114 valence electrons. The van der Waals surface area contributed by atoms with E-state index in [-0.39, 0.29) is 5.48 Å². The van der Waals surface area contributed by atoms with E-state index in [9.17, 15) is 0 Å². The van der Waals surface area contributed by atoms with Gasteiger partial charge in [0.15, 0.2) is 0 Å². The van der Waals surface area contributed by atoms with Crippen molar-refractivity contribution in [3.8, 4) is 0 Å². The summed E-state index contributed by atoms with van der Waals surface area (Å²) >= 11 is 0. The van der Waals surface area contributed by atoms with Crippen LogP contribution in [0.1, 0.15) is 71.1 Å². The molecule has 0 atom stereocenters. The zero-order chi connectivity index (χ0) is 13.1. The zero-order valence-electron chi connectivity index (χ0n) is 13.0. The molecule has 19 heavy (non-hydrogen) atoms. The lowest BCUT2D eigenvalue weighted by Gasteiger charge is -2.17. The Morgan fingerprint density at radius 3 is 1.79 bits per heavy atom. The van der Waals surface area contributed by atoms with Crippen molar-refractivity contribution < 1.29 is 5.48 Å². The lowest BCUT2D eigenvalue weighted by atomic mass is 10.1. The van der Waals surface area contributed by atoms with Crippen molar-refractivity contribution in [3.05, 3.63) is 12.4 Å². The molecule has 1 aliphatic rings. The van der Waals surface area contributed by atoms with E-state index in [1.807, 2.05) is 0 Å². The summed E-state index contributed by atoms with van der Waals surface area (Å²) < 4.78 is 0. The molecule has 0 aromatic carbocycles. The molecule has 0 saturated carbocycles. The summed E-state index contributed by atoms with van der Waals surface area (Å²) in [5.41, 5.74) is 0. The van der Waals surface area contributed by atoms with E-state index in [0.717, 1.165) is 6.67 Å². The Morgan fingerprint density at radius 2 is 1.32 bits per heavy atom. The smallest absolute Gasteiger partial charge is 0.0890 e. The third-order valence-electron chi connectivity index (χ3n) is 3.74. The van der Waals surface area contributed by atoms with Gasteiger partial charge in [0.1, 0.15) is 0 Å². The van der Waals surface area contributed by atoms with Crippen LogP contribution in [-0.2, 0) is 0 Å². The number of rotatable bonds is 11. The van der Waals surface area contributed by atoms with Gasteiger partial charge < -0.3 is 15.3 Å². The largest absolute Gasteiger partial charge is 0.412 e. The van der Waals surface area contributed by atoms with Crippen molar-refractivity contribution in [2.75, 3.05) is 20.3 Å². The van der Waals surface area contributed by atoms with Crippen molar-refractivity contribution in [1.29, 1.82) is 0 Å². The molecule has 0 fully saturated rings. The summed E-state index contributed by atoms with van der Waals surface area (Å²) in [4.78, 5) is 4.64. The summed E-state index contributed by atoms with van der Waals surface area (Å²) in [6.07, 6.45) is 18.6. The fourth-order valence-electron chi connectivity index (χ4n) is 2.54. The van der Waals surface area contributed by atoms with E-state index in [4.69, 9.17) is 0 Å². The van der Waals surface area contributed by atoms with Gasteiger partial charge in [-0.2, -0.15) is 0 Å². The zero-order valence-corrected chi connectivity index (χ0v) is 13.0. The Balaban J connectivity index is 0.00000324. The van der Waals surface area contributed by atoms with Crippen LogP contribution in [0.4, 0.5) is 0 Å². The molecule has 1 heterocycles. The third-order valence-corrected chi connectivity index (χ3v) is 3.74. The Bertz CT molecular complexity index is 219. The van der Waals surface area contributed by atoms with Crippen LogP contribution >= 0.6 is 0 Å². The molecule has 0 unspecified atom stereocenters. The molecule has 0 aliphatic carbocycles. The highest BCUT2D eigenvalue weighted by Gasteiger charge is 2.06. The van der Waals surface area contributed by atoms with Gasteiger partial charge in [0, 0.05) is 26.0 Å². The standard InChI is InChI=1S/C16H32N2.H2O/c1-3-4-5-6-7-8-9-10-11-12-13-18-15-14-17(2)16-18;/h14-15H,3-13,16H2,1-2H3;1H2. The van der Waals surface area contributed by atoms with Gasteiger partial charge in [0.2, 0.25) is 0 Å². The van der Waals surface area contributed by atoms with Gasteiger partial charge in [-0.05, 0) is 6.42 Å². The SMILES string of the molecule is CCCCCCCCCCCCN1C=CN(C)C1.O. The van der Waals surface area contributed by atoms with Crippen molar-refractivity contribution in [2.24, 2.45) is 0 Å². The molecule has 1 aliphatic heterocycles. The lowest BCUT2D eigenvalue weighted by molar-refractivity contribution is 0.290. The minimum atomic E-state index is 0. The van der Waals surface area contributed by atoms with Gasteiger partial charge in [-0.1, -0.05) is 64.7 Å². The topological polar surface area (TPSA) is 38.0 Å². The van der Waals surface area contributed by atoms with E-state index in [1.165, 1.54) is 70.8 Å². The van der Waals surface area contributed by atoms with Crippen LogP contribution in [0.15, 0.2) is 12.4 Å². The van der Waals surface area contributed by atoms with Crippen molar-refractivity contribution in [1.82, 2.24) is 9.80 Å². The molecular weight excluding hydrogens is 236 g/mol. The Morgan fingerprint density at radius 1 is 0.789 bits per heavy atom. The number of hydrogen-bond donors (Lipinski definition) is 0. The van der Waals surface area contributed by atoms with E-state index in [2.05, 4.69) is 36.2 Å². The average Bonchev–Trinajstić information content (AvgIpc) is 2.77. The normalized spacial score (nSPS) is 14.0. The molecule has 0 amide bonds. The molecule has 2 N–H and O–H groups in total. The van der Waals surface area contributed by atoms with Crippen LogP contribution in [0, 0.1) is 0 Å². The second kappa shape index (κ2) is 12.3. The van der Waals surface area contributed by atoms with E-state index in [1.54, 1.807) is 0 Å². The molecular formula is C16H34N2O. The maximum Gasteiger partial charge on any atom is 0.0890 e. The van der Waals surface area contributed by atoms with E-state index >= 15 is 0 Å². The maximum atomic E-state index is 2.41. The highest BCUT2D eigenvalue weighted by atomic mass is 16.0. The number of unbranched alkanes of at least 4 members (excludes halogenated alkanes) is 9. The Labute approximate surface area is 120 Å². The highest BCUT2D eigenvalue weighted by molar-refractivity contribution is 4.88. The fraction of sp³-hybridized carbons (Fsp3) is 0.875. The summed E-state index contributed by atoms with van der Waals surface area (Å²) in [6, 6.07) is 0. The molecule has 0 radical (unpaired) electrons. The van der Waals surface area contributed by atoms with Crippen LogP contribution in [0.3, 0.4) is 0 Å². The van der Waals surface area contributed by atoms with Crippen molar-refractivity contribution >= 4 is 0 Å². The summed E-state index contributed by atoms with van der Waals surface area (Å²) in [5, 5.41) is 0. The molecule has 0 spiro atoms. The minimum Gasteiger partial charge on any atom is -0.412 e. The fourth-order valence-corrected chi connectivity index (χ4v) is 2.54. The summed E-state index contributed by atoms with van der Waals surface area (Å²) in [5.74, 6) is 0. The van der Waals surface area contributed by atoms with Crippen LogP contribution in [0.25, 0.3) is 0 Å². The summed E-state index contributed by atoms with van der Waals surface area (Å²) in [6.45, 7) is 4.60. The average molecular weight is 270 g/mol. The minimum absolute atomic E-state index is 0. The van der Waals surface area contributed by atoms with E-state index in [0.29, 0.717) is 0 Å². The Kier molecular flexibility index (Phi) is 11.9. The van der Waals surface area contributed by atoms with Crippen LogP contribution in [-0.4, -0.2) is 35.5 Å². The first-order valence-corrected chi connectivity index (χ1v) is 7.95. The molecule has 0 saturated heterocycles. The molecule has 0 aromatic rings. The monoisotopic (exact) mass is 270 g/mol. The molecule has 0 bridgehead atoms. The summed E-state index contributed by atoms with van der Waals surface area (Å²) in [7, 11) is 2.13. The van der Waals surface area contributed by atoms with Gasteiger partial charge >= 0.3 is 0 Å². The van der Waals surface area contributed by atoms with Gasteiger partial charge in [-0.3, -0.25) is 0 Å². The first-order valence-electron chi connectivity index (χ1n) is 7.95. The second-order valence-electron chi connectivity index (χ2n) is 5.69. The predicted octanol–water partition coefficient (Wildman–Crippen LogP) is 3.76. The second-order valence-corrected chi connectivity index (χ2v) is 5.69. The van der Waals surface area contributed by atoms with Gasteiger partial charge in [-0.15, -0.1) is 0 Å². The van der Waals surface area contributed by atoms with Crippen molar-refractivity contribution in [2.45, 2.75) is 71.1 Å². The lowest BCUT2D eigenvalue weighted by Crippen LogP contribution is -2.23. The molecule has 0 aromatic heterocycles. The molecule has 3 nitrogen and oxygen atoms in total. The van der Waals surface area contributed by atoms with E-state index < -0.39 is 0 Å². The van der Waals surface area contributed by atoms with Gasteiger partial charge in [-0.25, -0.2) is 0 Å². The third kappa shape index (κ3) is 9.83.